The SMILES string of the molecule is NC(CNC(=O)c1ccc(S(N)(=O)=O)o1)C1CC1. The van der Waals surface area contributed by atoms with Gasteiger partial charge in [0, 0.05) is 12.6 Å². The Morgan fingerprint density at radius 3 is 2.67 bits per heavy atom. The molecule has 1 aromatic heterocycles. The van der Waals surface area contributed by atoms with Crippen molar-refractivity contribution in [2.24, 2.45) is 16.8 Å². The van der Waals surface area contributed by atoms with Crippen LogP contribution in [0.2, 0.25) is 0 Å². The minimum absolute atomic E-state index is 0.0679. The zero-order chi connectivity index (χ0) is 13.3. The molecule has 1 atom stereocenters. The Kier molecular flexibility index (Phi) is 3.42. The molecular weight excluding hydrogens is 258 g/mol. The lowest BCUT2D eigenvalue weighted by atomic mass is 10.2. The minimum Gasteiger partial charge on any atom is -0.438 e. The Morgan fingerprint density at radius 1 is 1.50 bits per heavy atom. The highest BCUT2D eigenvalue weighted by Gasteiger charge is 2.28. The first-order chi connectivity index (χ1) is 8.38. The topological polar surface area (TPSA) is 128 Å². The summed E-state index contributed by atoms with van der Waals surface area (Å²) in [6.07, 6.45) is 2.18. The summed E-state index contributed by atoms with van der Waals surface area (Å²) >= 11 is 0. The van der Waals surface area contributed by atoms with Crippen molar-refractivity contribution in [2.75, 3.05) is 6.54 Å². The zero-order valence-electron chi connectivity index (χ0n) is 9.63. The number of carbonyl (C=O) groups is 1. The van der Waals surface area contributed by atoms with Crippen molar-refractivity contribution in [3.63, 3.8) is 0 Å². The van der Waals surface area contributed by atoms with Crippen LogP contribution in [0.5, 0.6) is 0 Å². The molecule has 1 amide bonds. The Hall–Kier alpha value is -1.38. The Labute approximate surface area is 105 Å². The molecule has 5 N–H and O–H groups in total. The number of furan rings is 1. The highest BCUT2D eigenvalue weighted by Crippen LogP contribution is 2.31. The van der Waals surface area contributed by atoms with E-state index < -0.39 is 21.0 Å². The van der Waals surface area contributed by atoms with Gasteiger partial charge in [0.1, 0.15) is 0 Å². The Bertz CT molecular complexity index is 547. The molecule has 1 fully saturated rings. The van der Waals surface area contributed by atoms with Gasteiger partial charge in [-0.25, -0.2) is 13.6 Å². The van der Waals surface area contributed by atoms with Gasteiger partial charge < -0.3 is 15.5 Å². The van der Waals surface area contributed by atoms with E-state index in [1.54, 1.807) is 0 Å². The van der Waals surface area contributed by atoms with Crippen LogP contribution < -0.4 is 16.2 Å². The molecular formula is C10H15N3O4S. The number of nitrogens with two attached hydrogens (primary N) is 2. The van der Waals surface area contributed by atoms with E-state index in [0.717, 1.165) is 18.9 Å². The van der Waals surface area contributed by atoms with Crippen molar-refractivity contribution in [3.05, 3.63) is 17.9 Å². The summed E-state index contributed by atoms with van der Waals surface area (Å²) in [5.74, 6) is -0.120. The van der Waals surface area contributed by atoms with Gasteiger partial charge in [-0.1, -0.05) is 0 Å². The van der Waals surface area contributed by atoms with Gasteiger partial charge in [0.2, 0.25) is 5.09 Å². The normalized spacial score (nSPS) is 17.4. The number of nitrogens with one attached hydrogen (secondary N) is 1. The summed E-state index contributed by atoms with van der Waals surface area (Å²) < 4.78 is 26.8. The second-order valence-electron chi connectivity index (χ2n) is 4.38. The summed E-state index contributed by atoms with van der Waals surface area (Å²) in [7, 11) is -3.92. The average molecular weight is 273 g/mol. The third-order valence-electron chi connectivity index (χ3n) is 2.81. The van der Waals surface area contributed by atoms with Crippen LogP contribution in [0.4, 0.5) is 0 Å². The van der Waals surface area contributed by atoms with E-state index in [9.17, 15) is 13.2 Å². The molecule has 18 heavy (non-hydrogen) atoms. The summed E-state index contributed by atoms with van der Waals surface area (Å²) in [4.78, 5) is 11.6. The highest BCUT2D eigenvalue weighted by molar-refractivity contribution is 7.89. The molecule has 100 valence electrons. The largest absolute Gasteiger partial charge is 0.438 e. The number of primary sulfonamides is 1. The molecule has 0 spiro atoms. The van der Waals surface area contributed by atoms with Crippen LogP contribution in [0.25, 0.3) is 0 Å². The fraction of sp³-hybridized carbons (Fsp3) is 0.500. The van der Waals surface area contributed by atoms with Gasteiger partial charge >= 0.3 is 0 Å². The number of hydrogen-bond donors (Lipinski definition) is 3. The van der Waals surface area contributed by atoms with Crippen LogP contribution in [0, 0.1) is 5.92 Å². The molecule has 1 saturated carbocycles. The van der Waals surface area contributed by atoms with Crippen LogP contribution in [0.1, 0.15) is 23.4 Å². The van der Waals surface area contributed by atoms with Crippen LogP contribution in [-0.4, -0.2) is 26.9 Å². The van der Waals surface area contributed by atoms with Gasteiger partial charge in [-0.3, -0.25) is 4.79 Å². The third kappa shape index (κ3) is 3.09. The molecule has 1 unspecified atom stereocenters. The van der Waals surface area contributed by atoms with Crippen LogP contribution in [0.3, 0.4) is 0 Å². The van der Waals surface area contributed by atoms with Crippen LogP contribution in [0.15, 0.2) is 21.6 Å². The number of sulfonamides is 1. The molecule has 1 aliphatic carbocycles. The van der Waals surface area contributed by atoms with E-state index in [4.69, 9.17) is 15.3 Å². The van der Waals surface area contributed by atoms with Crippen LogP contribution >= 0.6 is 0 Å². The average Bonchev–Trinajstić information content (AvgIpc) is 3.00. The molecule has 1 aromatic rings. The van der Waals surface area contributed by atoms with Gasteiger partial charge in [0.15, 0.2) is 5.76 Å². The molecule has 0 saturated heterocycles. The van der Waals surface area contributed by atoms with E-state index >= 15 is 0 Å². The number of hydrogen-bond acceptors (Lipinski definition) is 5. The lowest BCUT2D eigenvalue weighted by Gasteiger charge is -2.10. The zero-order valence-corrected chi connectivity index (χ0v) is 10.4. The van der Waals surface area contributed by atoms with Gasteiger partial charge in [0.25, 0.3) is 15.9 Å². The smallest absolute Gasteiger partial charge is 0.287 e. The summed E-state index contributed by atoms with van der Waals surface area (Å²) in [5, 5.41) is 7.03. The first-order valence-electron chi connectivity index (χ1n) is 5.54. The van der Waals surface area contributed by atoms with Crippen molar-refractivity contribution in [1.29, 1.82) is 0 Å². The second kappa shape index (κ2) is 4.71. The van der Waals surface area contributed by atoms with Crippen molar-refractivity contribution in [1.82, 2.24) is 5.32 Å². The molecule has 0 bridgehead atoms. The standard InChI is InChI=1S/C10H15N3O4S/c11-7(6-1-2-6)5-13-10(14)8-3-4-9(17-8)18(12,15)16/h3-4,6-7H,1-2,5,11H2,(H,13,14)(H2,12,15,16). The number of carbonyl (C=O) groups excluding carboxylic acids is 1. The summed E-state index contributed by atoms with van der Waals surface area (Å²) in [6.45, 7) is 0.342. The summed E-state index contributed by atoms with van der Waals surface area (Å²) in [6, 6.07) is 2.34. The molecule has 2 rings (SSSR count). The molecule has 1 aliphatic rings. The summed E-state index contributed by atoms with van der Waals surface area (Å²) in [5.41, 5.74) is 5.82. The lowest BCUT2D eigenvalue weighted by Crippen LogP contribution is -2.38. The van der Waals surface area contributed by atoms with E-state index in [2.05, 4.69) is 5.32 Å². The van der Waals surface area contributed by atoms with Gasteiger partial charge in [0.05, 0.1) is 0 Å². The van der Waals surface area contributed by atoms with Crippen molar-refractivity contribution >= 4 is 15.9 Å². The monoisotopic (exact) mass is 273 g/mol. The van der Waals surface area contributed by atoms with Gasteiger partial charge in [-0.2, -0.15) is 0 Å². The maximum Gasteiger partial charge on any atom is 0.287 e. The molecule has 7 nitrogen and oxygen atoms in total. The fourth-order valence-electron chi connectivity index (χ4n) is 1.58. The maximum absolute atomic E-state index is 11.6. The quantitative estimate of drug-likeness (QED) is 0.659. The van der Waals surface area contributed by atoms with Gasteiger partial charge in [-0.05, 0) is 30.9 Å². The number of rotatable bonds is 5. The Morgan fingerprint density at radius 2 is 2.17 bits per heavy atom. The third-order valence-corrected chi connectivity index (χ3v) is 3.59. The van der Waals surface area contributed by atoms with E-state index in [-0.39, 0.29) is 11.8 Å². The Balaban J connectivity index is 1.94. The first kappa shape index (κ1) is 13.1. The molecule has 8 heteroatoms. The molecule has 0 aliphatic heterocycles. The van der Waals surface area contributed by atoms with Crippen molar-refractivity contribution in [3.8, 4) is 0 Å². The fourth-order valence-corrected chi connectivity index (χ4v) is 2.05. The van der Waals surface area contributed by atoms with E-state index in [1.165, 1.54) is 6.07 Å². The maximum atomic E-state index is 11.6. The van der Waals surface area contributed by atoms with Crippen LogP contribution in [-0.2, 0) is 10.0 Å². The minimum atomic E-state index is -3.92. The van der Waals surface area contributed by atoms with Gasteiger partial charge in [-0.15, -0.1) is 0 Å². The molecule has 0 radical (unpaired) electrons. The predicted octanol–water partition coefficient (Wildman–Crippen LogP) is -0.606. The number of amides is 1. The highest BCUT2D eigenvalue weighted by atomic mass is 32.2. The van der Waals surface area contributed by atoms with Crippen molar-refractivity contribution in [2.45, 2.75) is 24.0 Å². The molecule has 0 aromatic carbocycles. The lowest BCUT2D eigenvalue weighted by molar-refractivity contribution is 0.0917. The second-order valence-corrected chi connectivity index (χ2v) is 5.87. The first-order valence-corrected chi connectivity index (χ1v) is 7.09. The van der Waals surface area contributed by atoms with E-state index in [0.29, 0.717) is 12.5 Å². The van der Waals surface area contributed by atoms with Crippen molar-refractivity contribution < 1.29 is 17.6 Å². The molecule has 1 heterocycles. The predicted molar refractivity (Wildman–Crippen MR) is 63.1 cm³/mol. The van der Waals surface area contributed by atoms with E-state index in [1.807, 2.05) is 0 Å².